The van der Waals surface area contributed by atoms with Crippen LogP contribution in [0.3, 0.4) is 0 Å². The number of rotatable bonds is 2. The third kappa shape index (κ3) is 2.39. The van der Waals surface area contributed by atoms with Crippen LogP contribution >= 0.6 is 21.8 Å². The monoisotopic (exact) mass is 220 g/mol. The molecule has 0 N–H and O–H groups in total. The van der Waals surface area contributed by atoms with Crippen LogP contribution < -0.4 is 0 Å². The van der Waals surface area contributed by atoms with E-state index in [1.807, 2.05) is 0 Å². The SMILES string of the molecule is O=S(=O)(Cl)O[Si]1(Cl)CCC1. The predicted molar refractivity (Wildman–Crippen MR) is 41.7 cm³/mol. The van der Waals surface area contributed by atoms with Crippen molar-refractivity contribution in [2.45, 2.75) is 18.5 Å². The van der Waals surface area contributed by atoms with E-state index in [4.69, 9.17) is 21.8 Å². The van der Waals surface area contributed by atoms with Crippen LogP contribution in [0.5, 0.6) is 0 Å². The maximum absolute atomic E-state index is 10.3. The van der Waals surface area contributed by atoms with Gasteiger partial charge in [-0.05, 0) is 12.1 Å². The van der Waals surface area contributed by atoms with Crippen molar-refractivity contribution in [3.05, 3.63) is 0 Å². The molecule has 0 spiro atoms. The second kappa shape index (κ2) is 2.64. The summed E-state index contributed by atoms with van der Waals surface area (Å²) in [7, 11) is -1.39. The van der Waals surface area contributed by atoms with Crippen molar-refractivity contribution in [3.63, 3.8) is 0 Å². The van der Waals surface area contributed by atoms with E-state index in [1.165, 1.54) is 0 Å². The third-order valence-electron chi connectivity index (χ3n) is 1.35. The average Bonchev–Trinajstić information content (AvgIpc) is 1.57. The first kappa shape index (κ1) is 8.80. The minimum Gasteiger partial charge on any atom is -0.284 e. The lowest BCUT2D eigenvalue weighted by Crippen LogP contribution is -2.39. The van der Waals surface area contributed by atoms with Gasteiger partial charge in [0.25, 0.3) is 0 Å². The quantitative estimate of drug-likeness (QED) is 0.404. The summed E-state index contributed by atoms with van der Waals surface area (Å²) in [4.78, 5) is 0. The smallest absolute Gasteiger partial charge is 0.284 e. The molecule has 0 aliphatic carbocycles. The van der Waals surface area contributed by atoms with Gasteiger partial charge in [-0.25, -0.2) is 0 Å². The van der Waals surface area contributed by atoms with Crippen molar-refractivity contribution < 1.29 is 12.3 Å². The summed E-state index contributed by atoms with van der Waals surface area (Å²) in [5.41, 5.74) is 0. The first-order chi connectivity index (χ1) is 4.41. The molecular formula is C3H6Cl2O3SSi. The molecule has 1 fully saturated rings. The van der Waals surface area contributed by atoms with E-state index in [1.54, 1.807) is 0 Å². The van der Waals surface area contributed by atoms with E-state index < -0.39 is 17.0 Å². The molecule has 1 aliphatic heterocycles. The zero-order chi connectivity index (χ0) is 7.83. The summed E-state index contributed by atoms with van der Waals surface area (Å²) >= 11 is 5.75. The zero-order valence-electron chi connectivity index (χ0n) is 5.01. The summed E-state index contributed by atoms with van der Waals surface area (Å²) in [6.07, 6.45) is 0.947. The largest absolute Gasteiger partial charge is 0.347 e. The molecule has 0 radical (unpaired) electrons. The Bertz CT molecular complexity index is 222. The Labute approximate surface area is 69.7 Å². The first-order valence-corrected chi connectivity index (χ1v) is 8.32. The minimum absolute atomic E-state index is 0.681. The molecule has 0 aromatic carbocycles. The zero-order valence-corrected chi connectivity index (χ0v) is 8.34. The van der Waals surface area contributed by atoms with Gasteiger partial charge in [0.15, 0.2) is 0 Å². The molecular weight excluding hydrogens is 215 g/mol. The number of hydrogen-bond acceptors (Lipinski definition) is 3. The standard InChI is InChI=1S/C3H6Cl2O3SSi/c4-9(6,7)8-10(5)2-1-3-10/h1-3H2. The lowest BCUT2D eigenvalue weighted by atomic mass is 10.5. The highest BCUT2D eigenvalue weighted by molar-refractivity contribution is 8.10. The van der Waals surface area contributed by atoms with Gasteiger partial charge in [0.1, 0.15) is 0 Å². The first-order valence-electron chi connectivity index (χ1n) is 2.75. The number of hydrogen-bond donors (Lipinski definition) is 0. The summed E-state index contributed by atoms with van der Waals surface area (Å²) < 4.78 is 25.2. The highest BCUT2D eigenvalue weighted by Gasteiger charge is 2.44. The van der Waals surface area contributed by atoms with Gasteiger partial charge in [0.2, 0.25) is 0 Å². The Morgan fingerprint density at radius 3 is 2.00 bits per heavy atom. The summed E-state index contributed by atoms with van der Waals surface area (Å²) in [6.45, 7) is 0. The Morgan fingerprint density at radius 1 is 1.40 bits per heavy atom. The van der Waals surface area contributed by atoms with Crippen LogP contribution in [0.2, 0.25) is 12.1 Å². The molecule has 0 aromatic heterocycles. The molecule has 0 atom stereocenters. The van der Waals surface area contributed by atoms with Gasteiger partial charge in [-0.2, -0.15) is 8.42 Å². The highest BCUT2D eigenvalue weighted by Crippen LogP contribution is 2.38. The van der Waals surface area contributed by atoms with E-state index in [0.29, 0.717) is 12.1 Å². The number of halogens is 2. The molecule has 10 heavy (non-hydrogen) atoms. The summed E-state index contributed by atoms with van der Waals surface area (Å²) in [5.74, 6) is 0. The van der Waals surface area contributed by atoms with Crippen LogP contribution in [0.4, 0.5) is 0 Å². The second-order valence-electron chi connectivity index (χ2n) is 2.21. The average molecular weight is 221 g/mol. The maximum atomic E-state index is 10.3. The lowest BCUT2D eigenvalue weighted by Gasteiger charge is -2.29. The fourth-order valence-corrected chi connectivity index (χ4v) is 6.64. The minimum atomic E-state index is -3.84. The molecule has 1 heterocycles. The van der Waals surface area contributed by atoms with Crippen molar-refractivity contribution in [3.8, 4) is 0 Å². The Kier molecular flexibility index (Phi) is 2.32. The molecule has 0 amide bonds. The summed E-state index contributed by atoms with van der Waals surface area (Å²) in [6, 6.07) is 1.36. The molecule has 60 valence electrons. The molecule has 1 aliphatic rings. The van der Waals surface area contributed by atoms with Crippen LogP contribution in [0.15, 0.2) is 0 Å². The van der Waals surface area contributed by atoms with Crippen LogP contribution in [0.1, 0.15) is 6.42 Å². The highest BCUT2D eigenvalue weighted by atomic mass is 35.7. The third-order valence-corrected chi connectivity index (χ3v) is 7.81. The van der Waals surface area contributed by atoms with Gasteiger partial charge in [0, 0.05) is 10.7 Å². The van der Waals surface area contributed by atoms with E-state index >= 15 is 0 Å². The fourth-order valence-electron chi connectivity index (χ4n) is 0.716. The van der Waals surface area contributed by atoms with Gasteiger partial charge >= 0.3 is 17.0 Å². The lowest BCUT2D eigenvalue weighted by molar-refractivity contribution is 0.489. The Hall–Kier alpha value is 0.707. The second-order valence-corrected chi connectivity index (χ2v) is 9.63. The predicted octanol–water partition coefficient (Wildman–Crippen LogP) is 1.57. The van der Waals surface area contributed by atoms with Crippen molar-refractivity contribution >= 4 is 38.7 Å². The van der Waals surface area contributed by atoms with Crippen LogP contribution in [-0.4, -0.2) is 16.0 Å². The van der Waals surface area contributed by atoms with E-state index in [9.17, 15) is 8.42 Å². The van der Waals surface area contributed by atoms with Crippen molar-refractivity contribution in [2.75, 3.05) is 0 Å². The van der Waals surface area contributed by atoms with Crippen LogP contribution in [0.25, 0.3) is 0 Å². The van der Waals surface area contributed by atoms with Gasteiger partial charge in [-0.1, -0.05) is 6.42 Å². The molecule has 1 rings (SSSR count). The van der Waals surface area contributed by atoms with E-state index in [2.05, 4.69) is 3.87 Å². The molecule has 0 aromatic rings. The Balaban J connectivity index is 2.53. The van der Waals surface area contributed by atoms with Gasteiger partial charge < -0.3 is 0 Å². The van der Waals surface area contributed by atoms with Gasteiger partial charge in [0.05, 0.1) is 0 Å². The van der Waals surface area contributed by atoms with Crippen molar-refractivity contribution in [1.29, 1.82) is 0 Å². The molecule has 0 unspecified atom stereocenters. The van der Waals surface area contributed by atoms with E-state index in [-0.39, 0.29) is 0 Å². The van der Waals surface area contributed by atoms with Crippen molar-refractivity contribution in [1.82, 2.24) is 0 Å². The van der Waals surface area contributed by atoms with E-state index in [0.717, 1.165) is 6.42 Å². The van der Waals surface area contributed by atoms with Crippen LogP contribution in [0, 0.1) is 0 Å². The van der Waals surface area contributed by atoms with Gasteiger partial charge in [-0.15, -0.1) is 11.1 Å². The topological polar surface area (TPSA) is 43.4 Å². The molecule has 0 saturated carbocycles. The Morgan fingerprint density at radius 2 is 1.90 bits per heavy atom. The van der Waals surface area contributed by atoms with Gasteiger partial charge in [-0.3, -0.25) is 3.87 Å². The molecule has 7 heteroatoms. The molecule has 0 bridgehead atoms. The molecule has 1 saturated heterocycles. The normalized spacial score (nSPS) is 23.8. The maximum Gasteiger partial charge on any atom is 0.347 e. The molecule has 3 nitrogen and oxygen atoms in total. The summed E-state index contributed by atoms with van der Waals surface area (Å²) in [5, 5.41) is 0. The fraction of sp³-hybridized carbons (Fsp3) is 1.00. The van der Waals surface area contributed by atoms with Crippen molar-refractivity contribution in [2.24, 2.45) is 0 Å². The van der Waals surface area contributed by atoms with Crippen LogP contribution in [-0.2, 0) is 13.2 Å².